The van der Waals surface area contributed by atoms with Crippen molar-refractivity contribution in [3.63, 3.8) is 0 Å². The van der Waals surface area contributed by atoms with Crippen LogP contribution in [0.1, 0.15) is 51.4 Å². The van der Waals surface area contributed by atoms with Gasteiger partial charge in [-0.1, -0.05) is 36.4 Å². The van der Waals surface area contributed by atoms with E-state index in [4.69, 9.17) is 17.2 Å². The molecule has 2 aromatic carbocycles. The molecule has 34 heavy (non-hydrogen) atoms. The Balaban J connectivity index is 1.72. The number of nitrogens with one attached hydrogen (secondary N) is 1. The summed E-state index contributed by atoms with van der Waals surface area (Å²) in [6.45, 7) is 10.9. The molecular formula is C29H30N4S. The van der Waals surface area contributed by atoms with Crippen molar-refractivity contribution in [3.8, 4) is 5.69 Å². The van der Waals surface area contributed by atoms with E-state index in [1.54, 1.807) is 0 Å². The molecule has 1 saturated heterocycles. The van der Waals surface area contributed by atoms with Crippen LogP contribution in [0.25, 0.3) is 5.69 Å². The van der Waals surface area contributed by atoms with Gasteiger partial charge in [-0.3, -0.25) is 4.98 Å². The molecule has 0 amide bonds. The van der Waals surface area contributed by atoms with Gasteiger partial charge in [0.15, 0.2) is 5.11 Å². The van der Waals surface area contributed by atoms with Crippen LogP contribution >= 0.6 is 12.2 Å². The van der Waals surface area contributed by atoms with Crippen LogP contribution in [0.4, 0.5) is 5.69 Å². The second-order valence-electron chi connectivity index (χ2n) is 9.24. The third kappa shape index (κ3) is 3.70. The highest BCUT2D eigenvalue weighted by Gasteiger charge is 2.42. The lowest BCUT2D eigenvalue weighted by atomic mass is 9.96. The van der Waals surface area contributed by atoms with Crippen molar-refractivity contribution in [1.29, 1.82) is 0 Å². The molecule has 0 radical (unpaired) electrons. The number of nitrogens with zero attached hydrogens (tertiary/aromatic N) is 3. The molecule has 4 aromatic rings. The van der Waals surface area contributed by atoms with E-state index >= 15 is 0 Å². The van der Waals surface area contributed by atoms with Crippen molar-refractivity contribution in [3.05, 3.63) is 112 Å². The summed E-state index contributed by atoms with van der Waals surface area (Å²) in [6.07, 6.45) is 1.85. The normalized spacial score (nSPS) is 17.8. The van der Waals surface area contributed by atoms with Crippen LogP contribution in [0.3, 0.4) is 0 Å². The maximum atomic E-state index is 5.92. The van der Waals surface area contributed by atoms with Gasteiger partial charge in [0.25, 0.3) is 0 Å². The van der Waals surface area contributed by atoms with Gasteiger partial charge >= 0.3 is 0 Å². The molecule has 0 saturated carbocycles. The van der Waals surface area contributed by atoms with Gasteiger partial charge in [-0.25, -0.2) is 0 Å². The summed E-state index contributed by atoms with van der Waals surface area (Å²) in [4.78, 5) is 6.97. The number of aryl methyl sites for hydroxylation is 4. The summed E-state index contributed by atoms with van der Waals surface area (Å²) in [5.74, 6) is 0. The van der Waals surface area contributed by atoms with Crippen LogP contribution in [-0.4, -0.2) is 14.7 Å². The monoisotopic (exact) mass is 466 g/mol. The molecule has 0 bridgehead atoms. The van der Waals surface area contributed by atoms with Crippen LogP contribution in [-0.2, 0) is 0 Å². The fourth-order valence-electron chi connectivity index (χ4n) is 5.32. The number of rotatable bonds is 4. The minimum Gasteiger partial charge on any atom is -0.351 e. The first kappa shape index (κ1) is 22.4. The molecular weight excluding hydrogens is 436 g/mol. The lowest BCUT2D eigenvalue weighted by Crippen LogP contribution is -2.29. The van der Waals surface area contributed by atoms with Gasteiger partial charge in [0, 0.05) is 23.3 Å². The lowest BCUT2D eigenvalue weighted by Gasteiger charge is -2.28. The Kier molecular flexibility index (Phi) is 5.74. The molecule has 172 valence electrons. The predicted octanol–water partition coefficient (Wildman–Crippen LogP) is 6.59. The number of thiocarbonyl (C=S) groups is 1. The number of pyridine rings is 1. The van der Waals surface area contributed by atoms with Gasteiger partial charge in [0.05, 0.1) is 23.5 Å². The zero-order valence-corrected chi connectivity index (χ0v) is 21.1. The van der Waals surface area contributed by atoms with Gasteiger partial charge in [-0.15, -0.1) is 0 Å². The van der Waals surface area contributed by atoms with E-state index in [-0.39, 0.29) is 12.1 Å². The van der Waals surface area contributed by atoms with Crippen LogP contribution < -0.4 is 10.2 Å². The summed E-state index contributed by atoms with van der Waals surface area (Å²) in [7, 11) is 0. The summed E-state index contributed by atoms with van der Waals surface area (Å²) < 4.78 is 2.39. The number of hydrogen-bond donors (Lipinski definition) is 1. The third-order valence-electron chi connectivity index (χ3n) is 6.83. The van der Waals surface area contributed by atoms with Crippen LogP contribution in [0.15, 0.2) is 72.9 Å². The van der Waals surface area contributed by atoms with E-state index in [1.165, 1.54) is 39.3 Å². The zero-order valence-electron chi connectivity index (χ0n) is 20.3. The topological polar surface area (TPSA) is 33.1 Å². The molecule has 0 spiro atoms. The molecule has 4 nitrogen and oxygen atoms in total. The van der Waals surface area contributed by atoms with E-state index in [0.717, 1.165) is 16.5 Å². The lowest BCUT2D eigenvalue weighted by molar-refractivity contribution is 0.565. The first-order valence-corrected chi connectivity index (χ1v) is 12.1. The van der Waals surface area contributed by atoms with E-state index in [2.05, 4.69) is 104 Å². The maximum Gasteiger partial charge on any atom is 0.174 e. The summed E-state index contributed by atoms with van der Waals surface area (Å²) >= 11 is 5.92. The van der Waals surface area contributed by atoms with Gasteiger partial charge in [0.1, 0.15) is 0 Å². The highest BCUT2D eigenvalue weighted by molar-refractivity contribution is 7.80. The summed E-state index contributed by atoms with van der Waals surface area (Å²) in [5, 5.41) is 4.32. The Morgan fingerprint density at radius 2 is 1.59 bits per heavy atom. The smallest absolute Gasteiger partial charge is 0.174 e. The van der Waals surface area contributed by atoms with Crippen LogP contribution in [0, 0.1) is 34.6 Å². The van der Waals surface area contributed by atoms with Crippen molar-refractivity contribution in [2.24, 2.45) is 0 Å². The highest BCUT2D eigenvalue weighted by atomic mass is 32.1. The number of para-hydroxylation sites is 1. The molecule has 0 aliphatic carbocycles. The van der Waals surface area contributed by atoms with E-state index in [9.17, 15) is 0 Å². The molecule has 1 N–H and O–H groups in total. The van der Waals surface area contributed by atoms with Crippen LogP contribution in [0.2, 0.25) is 0 Å². The predicted molar refractivity (Wildman–Crippen MR) is 144 cm³/mol. The zero-order chi connectivity index (χ0) is 24.0. The number of benzene rings is 2. The van der Waals surface area contributed by atoms with Crippen molar-refractivity contribution in [2.75, 3.05) is 4.90 Å². The number of anilines is 1. The van der Waals surface area contributed by atoms with Gasteiger partial charge in [-0.2, -0.15) is 0 Å². The SMILES string of the molecule is Cc1cccc(N2C(=S)N[C@@H](c3ccccn3)[C@@H]2c2cc(C)n(-c3c(C)cccc3C)c2C)c1. The molecule has 5 heteroatoms. The van der Waals surface area contributed by atoms with Crippen LogP contribution in [0.5, 0.6) is 0 Å². The molecule has 1 aliphatic heterocycles. The Morgan fingerprint density at radius 1 is 0.853 bits per heavy atom. The maximum absolute atomic E-state index is 5.92. The molecule has 2 aromatic heterocycles. The molecule has 1 aliphatic rings. The van der Waals surface area contributed by atoms with E-state index in [0.29, 0.717) is 0 Å². The molecule has 2 atom stereocenters. The van der Waals surface area contributed by atoms with Crippen molar-refractivity contribution in [1.82, 2.24) is 14.9 Å². The second kappa shape index (κ2) is 8.73. The number of hydrogen-bond acceptors (Lipinski definition) is 2. The van der Waals surface area contributed by atoms with Crippen molar-refractivity contribution < 1.29 is 0 Å². The van der Waals surface area contributed by atoms with Gasteiger partial charge in [-0.05, 0) is 99.4 Å². The molecule has 1 fully saturated rings. The first-order valence-electron chi connectivity index (χ1n) is 11.7. The second-order valence-corrected chi connectivity index (χ2v) is 9.62. The van der Waals surface area contributed by atoms with E-state index < -0.39 is 0 Å². The first-order chi connectivity index (χ1) is 16.4. The number of aromatic nitrogens is 2. The fraction of sp³-hybridized carbons (Fsp3) is 0.241. The average molecular weight is 467 g/mol. The fourth-order valence-corrected chi connectivity index (χ4v) is 5.66. The summed E-state index contributed by atoms with van der Waals surface area (Å²) in [5.41, 5.74) is 10.8. The minimum absolute atomic E-state index is 0.0199. The minimum atomic E-state index is -0.0545. The molecule has 0 unspecified atom stereocenters. The Bertz CT molecular complexity index is 1350. The van der Waals surface area contributed by atoms with Crippen molar-refractivity contribution >= 4 is 23.0 Å². The quantitative estimate of drug-likeness (QED) is 0.344. The summed E-state index contributed by atoms with van der Waals surface area (Å²) in [6, 6.07) is 23.4. The van der Waals surface area contributed by atoms with E-state index in [1.807, 2.05) is 18.3 Å². The van der Waals surface area contributed by atoms with Gasteiger partial charge < -0.3 is 14.8 Å². The molecule has 3 heterocycles. The standard InChI is InChI=1S/C29H30N4S/c1-18-10-8-13-23(16-18)33-28(26(31-29(33)34)25-14-6-7-15-30-25)24-17-21(4)32(22(24)5)27-19(2)11-9-12-20(27)3/h6-17,26,28H,1-5H3,(H,31,34)/t26-,28-/m0/s1. The van der Waals surface area contributed by atoms with Crippen molar-refractivity contribution in [2.45, 2.75) is 46.7 Å². The Morgan fingerprint density at radius 3 is 2.26 bits per heavy atom. The third-order valence-corrected chi connectivity index (χ3v) is 7.14. The highest BCUT2D eigenvalue weighted by Crippen LogP contribution is 2.44. The molecule has 5 rings (SSSR count). The van der Waals surface area contributed by atoms with Gasteiger partial charge in [0.2, 0.25) is 0 Å². The average Bonchev–Trinajstić information content (AvgIpc) is 3.30. The Labute approximate surface area is 207 Å². The Hall–Kier alpha value is -3.44. The largest absolute Gasteiger partial charge is 0.351 e.